The second-order valence-electron chi connectivity index (χ2n) is 4.89. The van der Waals surface area contributed by atoms with Crippen molar-refractivity contribution >= 4 is 5.91 Å². The van der Waals surface area contributed by atoms with Crippen molar-refractivity contribution < 1.29 is 15.0 Å². The molecule has 2 atom stereocenters. The smallest absolute Gasteiger partial charge is 0.220 e. The van der Waals surface area contributed by atoms with Gasteiger partial charge in [-0.25, -0.2) is 0 Å². The fourth-order valence-corrected chi connectivity index (χ4v) is 1.96. The summed E-state index contributed by atoms with van der Waals surface area (Å²) in [7, 11) is 0. The molecule has 0 aliphatic rings. The second-order valence-corrected chi connectivity index (χ2v) is 4.89. The van der Waals surface area contributed by atoms with Crippen LogP contribution in [-0.4, -0.2) is 34.9 Å². The molecule has 19 heavy (non-hydrogen) atoms. The van der Waals surface area contributed by atoms with Crippen LogP contribution in [0.2, 0.25) is 0 Å². The van der Waals surface area contributed by atoms with E-state index in [1.165, 1.54) is 5.56 Å². The Labute approximate surface area is 114 Å². The van der Waals surface area contributed by atoms with Crippen LogP contribution in [0.3, 0.4) is 0 Å². The summed E-state index contributed by atoms with van der Waals surface area (Å²) >= 11 is 0. The van der Waals surface area contributed by atoms with Crippen LogP contribution >= 0.6 is 0 Å². The highest BCUT2D eigenvalue weighted by atomic mass is 16.3. The summed E-state index contributed by atoms with van der Waals surface area (Å²) in [6.45, 7) is 1.74. The number of aliphatic hydroxyl groups is 2. The van der Waals surface area contributed by atoms with Crippen molar-refractivity contribution in [1.29, 1.82) is 0 Å². The Morgan fingerprint density at radius 3 is 2.63 bits per heavy atom. The Balaban J connectivity index is 2.21. The minimum Gasteiger partial charge on any atom is -0.394 e. The van der Waals surface area contributed by atoms with Crippen molar-refractivity contribution in [3.05, 3.63) is 35.9 Å². The highest BCUT2D eigenvalue weighted by molar-refractivity contribution is 5.76. The third-order valence-electron chi connectivity index (χ3n) is 2.94. The monoisotopic (exact) mass is 265 g/mol. The van der Waals surface area contributed by atoms with Gasteiger partial charge in [-0.2, -0.15) is 0 Å². The molecule has 4 nitrogen and oxygen atoms in total. The lowest BCUT2D eigenvalue weighted by atomic mass is 10.1. The summed E-state index contributed by atoms with van der Waals surface area (Å²) < 4.78 is 0. The molecule has 0 heterocycles. The number of nitrogens with one attached hydrogen (secondary N) is 1. The lowest BCUT2D eigenvalue weighted by molar-refractivity contribution is -0.121. The molecule has 1 aromatic carbocycles. The topological polar surface area (TPSA) is 69.6 Å². The van der Waals surface area contributed by atoms with Gasteiger partial charge >= 0.3 is 0 Å². The van der Waals surface area contributed by atoms with Crippen LogP contribution in [0.1, 0.15) is 31.7 Å². The van der Waals surface area contributed by atoms with E-state index in [1.807, 2.05) is 37.3 Å². The molecular weight excluding hydrogens is 242 g/mol. The van der Waals surface area contributed by atoms with Crippen molar-refractivity contribution in [2.75, 3.05) is 6.61 Å². The number of hydrogen-bond donors (Lipinski definition) is 3. The van der Waals surface area contributed by atoms with Crippen LogP contribution in [0.15, 0.2) is 30.3 Å². The first kappa shape index (κ1) is 15.7. The third-order valence-corrected chi connectivity index (χ3v) is 2.94. The number of carbonyl (C=O) groups is 1. The van der Waals surface area contributed by atoms with E-state index in [1.54, 1.807) is 0 Å². The summed E-state index contributed by atoms with van der Waals surface area (Å²) in [5.41, 5.74) is 1.20. The average molecular weight is 265 g/mol. The number of benzene rings is 1. The van der Waals surface area contributed by atoms with Gasteiger partial charge < -0.3 is 15.5 Å². The number of hydrogen-bond acceptors (Lipinski definition) is 3. The van der Waals surface area contributed by atoms with Crippen LogP contribution < -0.4 is 5.32 Å². The van der Waals surface area contributed by atoms with E-state index >= 15 is 0 Å². The van der Waals surface area contributed by atoms with Crippen molar-refractivity contribution in [3.8, 4) is 0 Å². The number of aliphatic hydroxyl groups excluding tert-OH is 2. The Morgan fingerprint density at radius 1 is 1.32 bits per heavy atom. The quantitative estimate of drug-likeness (QED) is 0.662. The Kier molecular flexibility index (Phi) is 7.15. The number of carbonyl (C=O) groups excluding carboxylic acids is 1. The van der Waals surface area contributed by atoms with E-state index in [2.05, 4.69) is 5.32 Å². The van der Waals surface area contributed by atoms with Crippen LogP contribution in [-0.2, 0) is 11.2 Å². The maximum atomic E-state index is 11.7. The normalized spacial score (nSPS) is 13.8. The minimum atomic E-state index is -0.713. The molecule has 0 fully saturated rings. The zero-order valence-electron chi connectivity index (χ0n) is 11.4. The maximum absolute atomic E-state index is 11.7. The number of amides is 1. The fraction of sp³-hybridized carbons (Fsp3) is 0.533. The maximum Gasteiger partial charge on any atom is 0.220 e. The van der Waals surface area contributed by atoms with Crippen LogP contribution in [0, 0.1) is 0 Å². The highest BCUT2D eigenvalue weighted by Gasteiger charge is 2.09. The first-order valence-electron chi connectivity index (χ1n) is 6.74. The lowest BCUT2D eigenvalue weighted by Crippen LogP contribution is -2.34. The van der Waals surface area contributed by atoms with E-state index in [0.29, 0.717) is 19.3 Å². The van der Waals surface area contributed by atoms with E-state index in [4.69, 9.17) is 10.2 Å². The summed E-state index contributed by atoms with van der Waals surface area (Å²) in [4.78, 5) is 11.7. The van der Waals surface area contributed by atoms with Gasteiger partial charge in [0.05, 0.1) is 12.7 Å². The van der Waals surface area contributed by atoms with E-state index < -0.39 is 6.10 Å². The largest absolute Gasteiger partial charge is 0.394 e. The molecule has 0 radical (unpaired) electrons. The molecule has 0 aliphatic carbocycles. The molecule has 0 saturated heterocycles. The van der Waals surface area contributed by atoms with Crippen LogP contribution in [0.25, 0.3) is 0 Å². The molecule has 1 amide bonds. The van der Waals surface area contributed by atoms with Gasteiger partial charge in [-0.3, -0.25) is 4.79 Å². The minimum absolute atomic E-state index is 0.00595. The zero-order valence-corrected chi connectivity index (χ0v) is 11.4. The molecule has 0 saturated carbocycles. The van der Waals surface area contributed by atoms with Gasteiger partial charge in [0.2, 0.25) is 5.91 Å². The molecule has 0 bridgehead atoms. The molecule has 1 aromatic rings. The van der Waals surface area contributed by atoms with Gasteiger partial charge in [-0.05, 0) is 31.7 Å². The van der Waals surface area contributed by atoms with E-state index in [0.717, 1.165) is 6.42 Å². The van der Waals surface area contributed by atoms with Crippen molar-refractivity contribution in [3.63, 3.8) is 0 Å². The zero-order chi connectivity index (χ0) is 14.1. The summed E-state index contributed by atoms with van der Waals surface area (Å²) in [6.07, 6.45) is 1.53. The first-order valence-corrected chi connectivity index (χ1v) is 6.74. The van der Waals surface area contributed by atoms with E-state index in [9.17, 15) is 4.79 Å². The van der Waals surface area contributed by atoms with Gasteiger partial charge in [-0.15, -0.1) is 0 Å². The highest BCUT2D eigenvalue weighted by Crippen LogP contribution is 2.04. The van der Waals surface area contributed by atoms with Crippen molar-refractivity contribution in [1.82, 2.24) is 5.32 Å². The molecule has 106 valence electrons. The molecule has 0 aromatic heterocycles. The third kappa shape index (κ3) is 6.94. The Bertz CT molecular complexity index is 367. The fourth-order valence-electron chi connectivity index (χ4n) is 1.96. The molecule has 0 spiro atoms. The molecule has 1 rings (SSSR count). The molecule has 4 heteroatoms. The van der Waals surface area contributed by atoms with E-state index in [-0.39, 0.29) is 18.6 Å². The standard InChI is InChI=1S/C15H23NO3/c1-12(10-13-6-3-2-4-7-13)16-15(19)9-5-8-14(18)11-17/h2-4,6-7,12,14,17-18H,5,8-11H2,1H3,(H,16,19). The summed E-state index contributed by atoms with van der Waals surface area (Å²) in [5, 5.41) is 20.8. The van der Waals surface area contributed by atoms with Crippen molar-refractivity contribution in [2.45, 2.75) is 44.8 Å². The summed E-state index contributed by atoms with van der Waals surface area (Å²) in [5.74, 6) is -0.00595. The van der Waals surface area contributed by atoms with Crippen LogP contribution in [0.4, 0.5) is 0 Å². The van der Waals surface area contributed by atoms with Gasteiger partial charge in [0, 0.05) is 12.5 Å². The van der Waals surface area contributed by atoms with Gasteiger partial charge in [-0.1, -0.05) is 30.3 Å². The molecular formula is C15H23NO3. The summed E-state index contributed by atoms with van der Waals surface area (Å²) in [6, 6.07) is 10.1. The molecule has 2 unspecified atom stereocenters. The average Bonchev–Trinajstić information content (AvgIpc) is 2.39. The van der Waals surface area contributed by atoms with Crippen LogP contribution in [0.5, 0.6) is 0 Å². The van der Waals surface area contributed by atoms with Gasteiger partial charge in [0.1, 0.15) is 0 Å². The van der Waals surface area contributed by atoms with Gasteiger partial charge in [0.25, 0.3) is 0 Å². The predicted octanol–water partition coefficient (Wildman–Crippen LogP) is 1.26. The molecule has 3 N–H and O–H groups in total. The lowest BCUT2D eigenvalue weighted by Gasteiger charge is -2.14. The SMILES string of the molecule is CC(Cc1ccccc1)NC(=O)CCCC(O)CO. The Hall–Kier alpha value is -1.39. The molecule has 0 aliphatic heterocycles. The number of rotatable bonds is 8. The first-order chi connectivity index (χ1) is 9.11. The predicted molar refractivity (Wildman–Crippen MR) is 74.7 cm³/mol. The second kappa shape index (κ2) is 8.67. The van der Waals surface area contributed by atoms with Crippen molar-refractivity contribution in [2.24, 2.45) is 0 Å². The Morgan fingerprint density at radius 2 is 2.00 bits per heavy atom. The van der Waals surface area contributed by atoms with Gasteiger partial charge in [0.15, 0.2) is 0 Å².